The minimum atomic E-state index is -1.88. The van der Waals surface area contributed by atoms with Crippen molar-refractivity contribution in [2.75, 3.05) is 19.8 Å². The van der Waals surface area contributed by atoms with E-state index in [4.69, 9.17) is 28.4 Å². The van der Waals surface area contributed by atoms with Crippen LogP contribution in [0.15, 0.2) is 11.6 Å². The molecule has 7 rings (SSSR count). The monoisotopic (exact) mass is 947 g/mol. The summed E-state index contributed by atoms with van der Waals surface area (Å²) in [6, 6.07) is 0. The number of fused-ring (bicyclic) bond motifs is 5. The zero-order valence-electron chi connectivity index (χ0n) is 40.0. The fourth-order valence-corrected chi connectivity index (χ4v) is 14.0. The molecule has 0 spiro atoms. The topological polar surface area (TPSA) is 298 Å². The van der Waals surface area contributed by atoms with Crippen LogP contribution in [-0.2, 0) is 28.4 Å². The summed E-state index contributed by atoms with van der Waals surface area (Å²) in [6.45, 7) is 15.3. The molecule has 3 saturated heterocycles. The first-order valence-electron chi connectivity index (χ1n) is 24.4. The Labute approximate surface area is 388 Å². The lowest BCUT2D eigenvalue weighted by Crippen LogP contribution is -2.65. The summed E-state index contributed by atoms with van der Waals surface area (Å²) >= 11 is 0. The van der Waals surface area contributed by atoms with Crippen LogP contribution in [0.3, 0.4) is 0 Å². The summed E-state index contributed by atoms with van der Waals surface area (Å²) in [4.78, 5) is 0. The number of hydrogen-bond acceptors (Lipinski definition) is 18. The Balaban J connectivity index is 1.09. The lowest BCUT2D eigenvalue weighted by atomic mass is 9.39. The fraction of sp³-hybridized carbons (Fsp3) is 0.958. The van der Waals surface area contributed by atoms with Crippen molar-refractivity contribution in [2.45, 2.75) is 223 Å². The molecule has 7 aliphatic rings. The molecular weight excluding hydrogens is 865 g/mol. The molecule has 3 heterocycles. The maximum Gasteiger partial charge on any atom is 0.187 e. The van der Waals surface area contributed by atoms with Gasteiger partial charge in [-0.3, -0.25) is 0 Å². The normalized spacial score (nSPS) is 50.4. The highest BCUT2D eigenvalue weighted by Gasteiger charge is 2.67. The predicted molar refractivity (Wildman–Crippen MR) is 234 cm³/mol. The molecule has 382 valence electrons. The van der Waals surface area contributed by atoms with Crippen molar-refractivity contribution in [3.8, 4) is 0 Å². The second-order valence-electron chi connectivity index (χ2n) is 23.0. The molecule has 0 bridgehead atoms. The second-order valence-corrected chi connectivity index (χ2v) is 23.0. The maximum atomic E-state index is 11.7. The summed E-state index contributed by atoms with van der Waals surface area (Å²) in [7, 11) is 0. The zero-order chi connectivity index (χ0) is 48.6. The van der Waals surface area contributed by atoms with Crippen LogP contribution in [0.4, 0.5) is 0 Å². The Morgan fingerprint density at radius 1 is 0.667 bits per heavy atom. The van der Waals surface area contributed by atoms with Crippen LogP contribution >= 0.6 is 0 Å². The molecule has 24 atom stereocenters. The number of hydrogen-bond donors (Lipinski definition) is 12. The Morgan fingerprint density at radius 2 is 1.24 bits per heavy atom. The SMILES string of the molecule is C[C@H](CC[C@@H](O[C@@H]1O[C@H](CO[C@@H]2O[C@H](CO)[C@@H](O)[C@H](O)[C@H]2O)[C@@H](O)[C@H](O)[C@H]1O[C@@H]1O[C@H](CO)[C@@H](O)[C@H](O)[C@H]1O)C(C)(C)O)[C@H]1CC[C@@]2(C)C3CC=C4[C@@H](CC[C@H](O)C4(C)C)[C@]3(C)CC[C@]12C. The summed E-state index contributed by atoms with van der Waals surface area (Å²) in [5, 5.41) is 128. The summed E-state index contributed by atoms with van der Waals surface area (Å²) in [5.74, 6) is 1.52. The van der Waals surface area contributed by atoms with Crippen molar-refractivity contribution in [3.63, 3.8) is 0 Å². The first kappa shape index (κ1) is 52.8. The molecule has 0 amide bonds. The van der Waals surface area contributed by atoms with Gasteiger partial charge in [0.2, 0.25) is 0 Å². The number of aliphatic hydroxyl groups is 12. The summed E-state index contributed by atoms with van der Waals surface area (Å²) in [5.41, 5.74) is -0.0410. The minimum absolute atomic E-state index is 0.0436. The summed E-state index contributed by atoms with van der Waals surface area (Å²) < 4.78 is 35.5. The van der Waals surface area contributed by atoms with Gasteiger partial charge in [0.05, 0.1) is 37.6 Å². The zero-order valence-corrected chi connectivity index (χ0v) is 40.0. The van der Waals surface area contributed by atoms with E-state index >= 15 is 0 Å². The maximum absolute atomic E-state index is 11.7. The average Bonchev–Trinajstić information content (AvgIpc) is 3.54. The quantitative estimate of drug-likeness (QED) is 0.102. The lowest BCUT2D eigenvalue weighted by molar-refractivity contribution is -0.380. The van der Waals surface area contributed by atoms with E-state index in [0.717, 1.165) is 44.9 Å². The van der Waals surface area contributed by atoms with Gasteiger partial charge in [-0.2, -0.15) is 0 Å². The van der Waals surface area contributed by atoms with Crippen molar-refractivity contribution in [1.29, 1.82) is 0 Å². The van der Waals surface area contributed by atoms with E-state index in [1.165, 1.54) is 5.57 Å². The van der Waals surface area contributed by atoms with E-state index in [2.05, 4.69) is 47.6 Å². The Hall–Kier alpha value is -0.980. The standard InChI is InChI=1S/C48H82O18/c1-22(23-15-16-48(8)29-12-10-24-25(11-13-30(51)44(24,2)3)46(29,6)17-18-47(23,48)7)9-14-31(45(4,5)60)65-43-40(66-42-39(59)36(56)33(53)27(20-50)63-42)37(57)34(54)28(64-43)21-61-41-38(58)35(55)32(52)26(19-49)62-41/h10,22-23,25-43,49-60H,9,11-21H2,1-8H3/t22-,23-,25-,26-,27-,28-,29?,30+,31-,32-,33-,34-,35+,36+,37+,38-,39-,40-,41-,42+,43+,46+,47-,48+/m1/s1. The molecule has 0 radical (unpaired) electrons. The first-order chi connectivity index (χ1) is 30.8. The third-order valence-corrected chi connectivity index (χ3v) is 18.6. The molecule has 0 aromatic heterocycles. The largest absolute Gasteiger partial charge is 0.394 e. The Kier molecular flexibility index (Phi) is 15.7. The molecule has 1 unspecified atom stereocenters. The lowest BCUT2D eigenvalue weighted by Gasteiger charge is -2.66. The van der Waals surface area contributed by atoms with Gasteiger partial charge in [-0.25, -0.2) is 0 Å². The average molecular weight is 947 g/mol. The number of allylic oxidation sites excluding steroid dienone is 1. The number of rotatable bonds is 14. The fourth-order valence-electron chi connectivity index (χ4n) is 14.0. The minimum Gasteiger partial charge on any atom is -0.394 e. The Morgan fingerprint density at radius 3 is 1.85 bits per heavy atom. The van der Waals surface area contributed by atoms with E-state index in [1.54, 1.807) is 13.8 Å². The molecule has 3 aliphatic heterocycles. The number of ether oxygens (including phenoxy) is 6. The van der Waals surface area contributed by atoms with Gasteiger partial charge in [0.15, 0.2) is 18.9 Å². The smallest absolute Gasteiger partial charge is 0.187 e. The van der Waals surface area contributed by atoms with E-state index in [-0.39, 0.29) is 33.7 Å². The molecule has 0 aromatic rings. The van der Waals surface area contributed by atoms with Gasteiger partial charge < -0.3 is 89.7 Å². The van der Waals surface area contributed by atoms with Crippen LogP contribution in [0.1, 0.15) is 113 Å². The van der Waals surface area contributed by atoms with Gasteiger partial charge in [0.25, 0.3) is 0 Å². The predicted octanol–water partition coefficient (Wildman–Crippen LogP) is -0.0268. The molecule has 18 heteroatoms. The highest BCUT2D eigenvalue weighted by atomic mass is 16.8. The highest BCUT2D eigenvalue weighted by molar-refractivity contribution is 5.30. The van der Waals surface area contributed by atoms with E-state index in [1.807, 2.05) is 0 Å². The molecule has 3 saturated carbocycles. The Bertz CT molecular complexity index is 1670. The van der Waals surface area contributed by atoms with E-state index in [9.17, 15) is 61.3 Å². The van der Waals surface area contributed by atoms with Crippen molar-refractivity contribution in [2.24, 2.45) is 45.3 Å². The van der Waals surface area contributed by atoms with Crippen LogP contribution in [0.5, 0.6) is 0 Å². The van der Waals surface area contributed by atoms with Gasteiger partial charge in [0.1, 0.15) is 73.2 Å². The van der Waals surface area contributed by atoms with Gasteiger partial charge in [-0.05, 0) is 112 Å². The second kappa shape index (κ2) is 19.6. The van der Waals surface area contributed by atoms with E-state index < -0.39 is 124 Å². The molecule has 12 N–H and O–H groups in total. The molecule has 18 nitrogen and oxygen atoms in total. The van der Waals surface area contributed by atoms with Gasteiger partial charge in [0, 0.05) is 5.41 Å². The van der Waals surface area contributed by atoms with Crippen LogP contribution in [-0.4, -0.2) is 191 Å². The van der Waals surface area contributed by atoms with Crippen LogP contribution in [0.25, 0.3) is 0 Å². The molecular formula is C48H82O18. The van der Waals surface area contributed by atoms with Crippen LogP contribution in [0, 0.1) is 45.3 Å². The first-order valence-corrected chi connectivity index (χ1v) is 24.4. The molecule has 4 aliphatic carbocycles. The third kappa shape index (κ3) is 9.12. The van der Waals surface area contributed by atoms with Crippen molar-refractivity contribution < 1.29 is 89.7 Å². The van der Waals surface area contributed by atoms with Gasteiger partial charge >= 0.3 is 0 Å². The van der Waals surface area contributed by atoms with Crippen molar-refractivity contribution in [1.82, 2.24) is 0 Å². The molecule has 0 aromatic carbocycles. The van der Waals surface area contributed by atoms with Crippen LogP contribution in [0.2, 0.25) is 0 Å². The van der Waals surface area contributed by atoms with Crippen molar-refractivity contribution in [3.05, 3.63) is 11.6 Å². The molecule has 6 fully saturated rings. The summed E-state index contributed by atoms with van der Waals surface area (Å²) in [6.07, 6.45) is -15.6. The van der Waals surface area contributed by atoms with Gasteiger partial charge in [-0.15, -0.1) is 0 Å². The third-order valence-electron chi connectivity index (χ3n) is 18.6. The number of aliphatic hydroxyl groups excluding tert-OH is 11. The molecule has 66 heavy (non-hydrogen) atoms. The van der Waals surface area contributed by atoms with Crippen molar-refractivity contribution >= 4 is 0 Å². The van der Waals surface area contributed by atoms with Crippen LogP contribution < -0.4 is 0 Å². The van der Waals surface area contributed by atoms with Gasteiger partial charge in [-0.1, -0.05) is 53.2 Å². The van der Waals surface area contributed by atoms with E-state index in [0.29, 0.717) is 30.6 Å². The highest BCUT2D eigenvalue weighted by Crippen LogP contribution is 2.75.